The third-order valence-corrected chi connectivity index (χ3v) is 10.7. The van der Waals surface area contributed by atoms with Gasteiger partial charge in [-0.25, -0.2) is 16.8 Å². The summed E-state index contributed by atoms with van der Waals surface area (Å²) in [4.78, 5) is 12.4. The molecule has 0 radical (unpaired) electrons. The first-order chi connectivity index (χ1) is 22.4. The third kappa shape index (κ3) is 8.32. The number of nitrogens with one attached hydrogen (secondary N) is 2. The van der Waals surface area contributed by atoms with Gasteiger partial charge in [-0.15, -0.1) is 0 Å². The Morgan fingerprint density at radius 2 is 1.72 bits per heavy atom. The molecule has 3 aromatic carbocycles. The van der Waals surface area contributed by atoms with E-state index in [1.807, 2.05) is 35.0 Å². The molecule has 1 aromatic heterocycles. The van der Waals surface area contributed by atoms with Crippen molar-refractivity contribution in [3.8, 4) is 11.4 Å². The summed E-state index contributed by atoms with van der Waals surface area (Å²) in [5.41, 5.74) is 2.94. The second kappa shape index (κ2) is 14.4. The lowest BCUT2D eigenvalue weighted by molar-refractivity contribution is -0.142. The molecule has 1 fully saturated rings. The number of benzene rings is 3. The number of nitrogens with zero attached hydrogens (tertiary/aromatic N) is 2. The monoisotopic (exact) mass is 684 g/mol. The molecule has 14 heteroatoms. The van der Waals surface area contributed by atoms with Gasteiger partial charge in [0.05, 0.1) is 41.5 Å². The molecule has 5 rings (SSSR count). The number of aliphatic hydroxyl groups is 1. The Kier molecular flexibility index (Phi) is 10.6. The molecule has 47 heavy (non-hydrogen) atoms. The molecule has 0 unspecified atom stereocenters. The Balaban J connectivity index is 1.16. The van der Waals surface area contributed by atoms with E-state index >= 15 is 0 Å². The highest BCUT2D eigenvalue weighted by molar-refractivity contribution is 7.92. The van der Waals surface area contributed by atoms with Gasteiger partial charge in [0.25, 0.3) is 0 Å². The van der Waals surface area contributed by atoms with Crippen LogP contribution in [0.4, 0.5) is 5.69 Å². The zero-order valence-electron chi connectivity index (χ0n) is 26.3. The van der Waals surface area contributed by atoms with E-state index < -0.39 is 26.2 Å². The average molecular weight is 685 g/mol. The number of hydrogen-bond acceptors (Lipinski definition) is 9. The van der Waals surface area contributed by atoms with Crippen molar-refractivity contribution in [1.29, 1.82) is 0 Å². The number of aromatic hydroxyl groups is 1. The molecular formula is C33H40N4O8S2. The van der Waals surface area contributed by atoms with Gasteiger partial charge in [-0.2, -0.15) is 4.31 Å². The fourth-order valence-corrected chi connectivity index (χ4v) is 7.87. The van der Waals surface area contributed by atoms with Crippen molar-refractivity contribution in [3.63, 3.8) is 0 Å². The molecule has 0 aliphatic carbocycles. The largest absolute Gasteiger partial charge is 0.506 e. The molecular weight excluding hydrogens is 645 g/mol. The minimum absolute atomic E-state index is 0.00865. The number of carbonyl (C=O) groups excluding carboxylic acids is 1. The van der Waals surface area contributed by atoms with Crippen molar-refractivity contribution in [2.24, 2.45) is 5.92 Å². The predicted octanol–water partition coefficient (Wildman–Crippen LogP) is 3.54. The number of carbonyl (C=O) groups is 1. The van der Waals surface area contributed by atoms with E-state index in [9.17, 15) is 31.8 Å². The maximum absolute atomic E-state index is 13.5. The molecule has 4 N–H and O–H groups in total. The Bertz CT molecular complexity index is 1930. The quantitative estimate of drug-likeness (QED) is 0.122. The molecule has 4 aromatic rings. The molecule has 1 atom stereocenters. The number of rotatable bonds is 13. The van der Waals surface area contributed by atoms with Crippen LogP contribution >= 0.6 is 0 Å². The van der Waals surface area contributed by atoms with Crippen molar-refractivity contribution in [2.45, 2.75) is 37.2 Å². The predicted molar refractivity (Wildman–Crippen MR) is 179 cm³/mol. The molecule has 0 bridgehead atoms. The van der Waals surface area contributed by atoms with Crippen LogP contribution in [0, 0.1) is 5.92 Å². The summed E-state index contributed by atoms with van der Waals surface area (Å²) in [5.74, 6) is -0.333. The lowest BCUT2D eigenvalue weighted by atomic mass is 9.98. The zero-order chi connectivity index (χ0) is 33.8. The van der Waals surface area contributed by atoms with Crippen LogP contribution in [0.1, 0.15) is 37.0 Å². The van der Waals surface area contributed by atoms with Crippen molar-refractivity contribution in [2.75, 3.05) is 43.8 Å². The van der Waals surface area contributed by atoms with Gasteiger partial charge in [0, 0.05) is 36.9 Å². The van der Waals surface area contributed by atoms with Crippen LogP contribution in [0.5, 0.6) is 5.75 Å². The Morgan fingerprint density at radius 1 is 1.02 bits per heavy atom. The van der Waals surface area contributed by atoms with Gasteiger partial charge in [-0.3, -0.25) is 9.52 Å². The number of ether oxygens (including phenoxy) is 1. The van der Waals surface area contributed by atoms with Gasteiger partial charge in [-0.05, 0) is 85.8 Å². The van der Waals surface area contributed by atoms with E-state index in [2.05, 4.69) is 10.0 Å². The van der Waals surface area contributed by atoms with Gasteiger partial charge in [0.15, 0.2) is 0 Å². The number of sulfonamides is 2. The van der Waals surface area contributed by atoms with Crippen molar-refractivity contribution in [1.82, 2.24) is 14.2 Å². The van der Waals surface area contributed by atoms with Crippen LogP contribution < -0.4 is 10.0 Å². The summed E-state index contributed by atoms with van der Waals surface area (Å²) in [6.45, 7) is 3.61. The number of anilines is 1. The number of fused-ring (bicyclic) bond motifs is 1. The maximum atomic E-state index is 13.5. The molecule has 0 spiro atoms. The molecule has 1 aliphatic rings. The summed E-state index contributed by atoms with van der Waals surface area (Å²) < 4.78 is 60.9. The van der Waals surface area contributed by atoms with Crippen LogP contribution in [0.25, 0.3) is 16.6 Å². The standard InChI is InChI=1S/C33H40N4O8S2/c1-3-45-33(40)19-25-22-37(30-7-5-4-6-28(25)30)26-9-11-27(12-10-26)47(43,44)36-16-14-23(15-17-36)20-34-21-32(39)24-8-13-31(38)29(18-24)35-46(2,41)42/h4-13,18,22-23,32,34-35,38-39H,3,14-17,19-21H2,1-2H3/t32-/m0/s1. The second-order valence-corrected chi connectivity index (χ2v) is 15.4. The molecule has 0 saturated carbocycles. The van der Waals surface area contributed by atoms with E-state index in [-0.39, 0.29) is 41.2 Å². The zero-order valence-corrected chi connectivity index (χ0v) is 27.9. The summed E-state index contributed by atoms with van der Waals surface area (Å²) in [7, 11) is -7.30. The SMILES string of the molecule is CCOC(=O)Cc1cn(-c2ccc(S(=O)(=O)N3CCC(CNC[C@H](O)c4ccc(O)c(NS(C)(=O)=O)c4)CC3)cc2)c2ccccc12. The highest BCUT2D eigenvalue weighted by Gasteiger charge is 2.29. The Labute approximate surface area is 275 Å². The number of aromatic nitrogens is 1. The minimum atomic E-state index is -3.70. The van der Waals surface area contributed by atoms with Crippen molar-refractivity contribution >= 4 is 42.6 Å². The second-order valence-electron chi connectivity index (χ2n) is 11.7. The number of hydrogen-bond donors (Lipinski definition) is 4. The van der Waals surface area contributed by atoms with Crippen LogP contribution in [0.3, 0.4) is 0 Å². The van der Waals surface area contributed by atoms with Crippen LogP contribution in [-0.4, -0.2) is 80.9 Å². The van der Waals surface area contributed by atoms with Gasteiger partial charge in [-0.1, -0.05) is 24.3 Å². The molecule has 252 valence electrons. The van der Waals surface area contributed by atoms with E-state index in [0.29, 0.717) is 44.6 Å². The smallest absolute Gasteiger partial charge is 0.310 e. The van der Waals surface area contributed by atoms with E-state index in [1.54, 1.807) is 31.2 Å². The van der Waals surface area contributed by atoms with Crippen molar-refractivity contribution < 1.29 is 36.6 Å². The lowest BCUT2D eigenvalue weighted by Crippen LogP contribution is -2.41. The fourth-order valence-electron chi connectivity index (χ4n) is 5.84. The minimum Gasteiger partial charge on any atom is -0.506 e. The maximum Gasteiger partial charge on any atom is 0.310 e. The summed E-state index contributed by atoms with van der Waals surface area (Å²) in [5, 5.41) is 24.7. The molecule has 1 saturated heterocycles. The molecule has 12 nitrogen and oxygen atoms in total. The highest BCUT2D eigenvalue weighted by atomic mass is 32.2. The highest BCUT2D eigenvalue weighted by Crippen LogP contribution is 2.30. The van der Waals surface area contributed by atoms with E-state index in [4.69, 9.17) is 4.74 Å². The summed E-state index contributed by atoms with van der Waals surface area (Å²) in [6, 6.07) is 18.7. The first kappa shape index (κ1) is 34.4. The van der Waals surface area contributed by atoms with Crippen LogP contribution in [0.15, 0.2) is 77.8 Å². The van der Waals surface area contributed by atoms with E-state index in [1.165, 1.54) is 22.5 Å². The number of piperidine rings is 1. The number of para-hydroxylation sites is 1. The van der Waals surface area contributed by atoms with Crippen molar-refractivity contribution in [3.05, 3.63) is 84.1 Å². The fraction of sp³-hybridized carbons (Fsp3) is 0.364. The molecule has 1 aliphatic heterocycles. The van der Waals surface area contributed by atoms with Crippen LogP contribution in [0.2, 0.25) is 0 Å². The normalized spacial score (nSPS) is 15.5. The third-order valence-electron chi connectivity index (χ3n) is 8.23. The van der Waals surface area contributed by atoms with Gasteiger partial charge in [0.2, 0.25) is 20.0 Å². The van der Waals surface area contributed by atoms with Gasteiger partial charge in [0.1, 0.15) is 5.75 Å². The van der Waals surface area contributed by atoms with Crippen LogP contribution in [-0.2, 0) is 36.0 Å². The summed E-state index contributed by atoms with van der Waals surface area (Å²) in [6.07, 6.45) is 3.38. The number of phenolic OH excluding ortho intramolecular Hbond substituents is 1. The number of aliphatic hydroxyl groups excluding tert-OH is 1. The lowest BCUT2D eigenvalue weighted by Gasteiger charge is -2.31. The Morgan fingerprint density at radius 3 is 2.40 bits per heavy atom. The molecule has 2 heterocycles. The first-order valence-electron chi connectivity index (χ1n) is 15.4. The topological polar surface area (TPSA) is 167 Å². The van der Waals surface area contributed by atoms with Gasteiger partial charge >= 0.3 is 5.97 Å². The Hall–Kier alpha value is -3.95. The van der Waals surface area contributed by atoms with E-state index in [0.717, 1.165) is 28.4 Å². The average Bonchev–Trinajstić information content (AvgIpc) is 3.40. The summed E-state index contributed by atoms with van der Waals surface area (Å²) >= 11 is 0. The number of esters is 1. The number of phenols is 1. The first-order valence-corrected chi connectivity index (χ1v) is 18.7. The molecule has 0 amide bonds. The van der Waals surface area contributed by atoms with Gasteiger partial charge < -0.3 is 24.8 Å².